The molecule has 1 atom stereocenters. The van der Waals surface area contributed by atoms with Gasteiger partial charge >= 0.3 is 0 Å². The Labute approximate surface area is 187 Å². The van der Waals surface area contributed by atoms with E-state index in [-0.39, 0.29) is 18.4 Å². The molecule has 2 aromatic rings. The molecule has 3 rings (SSSR count). The quantitative estimate of drug-likeness (QED) is 0.423. The molecule has 0 spiro atoms. The number of aromatic nitrogens is 3. The van der Waals surface area contributed by atoms with E-state index in [1.807, 2.05) is 36.7 Å². The van der Waals surface area contributed by atoms with Crippen LogP contribution >= 0.6 is 11.6 Å². The molecule has 0 radical (unpaired) electrons. The molecule has 1 amide bonds. The summed E-state index contributed by atoms with van der Waals surface area (Å²) in [6.07, 6.45) is 2.04. The fourth-order valence-corrected chi connectivity index (χ4v) is 3.67. The molecule has 2 heterocycles. The summed E-state index contributed by atoms with van der Waals surface area (Å²) in [6, 6.07) is 5.73. The largest absolute Gasteiger partial charge is 0.377 e. The smallest absolute Gasteiger partial charge is 0.226 e. The third-order valence-electron chi connectivity index (χ3n) is 4.87. The maximum absolute atomic E-state index is 12.3. The van der Waals surface area contributed by atoms with E-state index >= 15 is 0 Å². The second-order valence-electron chi connectivity index (χ2n) is 7.48. The zero-order valence-electron chi connectivity index (χ0n) is 18.2. The molecule has 1 aliphatic heterocycles. The minimum atomic E-state index is -0.124. The maximum Gasteiger partial charge on any atom is 0.226 e. The van der Waals surface area contributed by atoms with Crippen LogP contribution in [0.1, 0.15) is 37.0 Å². The van der Waals surface area contributed by atoms with Gasteiger partial charge in [-0.2, -0.15) is 5.10 Å². The van der Waals surface area contributed by atoms with E-state index in [1.165, 1.54) is 0 Å². The van der Waals surface area contributed by atoms with Gasteiger partial charge in [-0.25, -0.2) is 9.67 Å². The van der Waals surface area contributed by atoms with E-state index in [2.05, 4.69) is 31.0 Å². The van der Waals surface area contributed by atoms with Crippen LogP contribution in [-0.2, 0) is 29.1 Å². The minimum absolute atomic E-state index is 0.124. The number of rotatable bonds is 8. The Kier molecular flexibility index (Phi) is 8.25. The highest BCUT2D eigenvalue weighted by molar-refractivity contribution is 6.33. The van der Waals surface area contributed by atoms with Gasteiger partial charge in [-0.15, -0.1) is 0 Å². The number of carbonyl (C=O) groups excluding carboxylic acids is 1. The van der Waals surface area contributed by atoms with Crippen molar-refractivity contribution in [2.45, 2.75) is 52.3 Å². The summed E-state index contributed by atoms with van der Waals surface area (Å²) in [4.78, 5) is 21.3. The van der Waals surface area contributed by atoms with Crippen LogP contribution in [0.2, 0.25) is 5.02 Å². The lowest BCUT2D eigenvalue weighted by atomic mass is 10.1. The van der Waals surface area contributed by atoms with Crippen LogP contribution in [0, 0.1) is 6.92 Å². The molecule has 0 saturated heterocycles. The van der Waals surface area contributed by atoms with Crippen molar-refractivity contribution in [2.75, 3.05) is 25.5 Å². The number of nitrogens with zero attached hydrogens (tertiary/aromatic N) is 4. The van der Waals surface area contributed by atoms with Crippen molar-refractivity contribution in [1.82, 2.24) is 25.4 Å². The number of aryl methyl sites for hydroxylation is 2. The van der Waals surface area contributed by atoms with Gasteiger partial charge in [-0.05, 0) is 38.0 Å². The van der Waals surface area contributed by atoms with E-state index < -0.39 is 0 Å². The molecule has 1 aliphatic rings. The van der Waals surface area contributed by atoms with Gasteiger partial charge in [0.2, 0.25) is 5.91 Å². The molecule has 9 nitrogen and oxygen atoms in total. The molecule has 0 aliphatic carbocycles. The number of carbonyl (C=O) groups is 1. The summed E-state index contributed by atoms with van der Waals surface area (Å²) < 4.78 is 7.05. The van der Waals surface area contributed by atoms with Crippen LogP contribution in [0.3, 0.4) is 0 Å². The molecule has 10 heteroatoms. The number of methoxy groups -OCH3 is 1. The van der Waals surface area contributed by atoms with Crippen molar-refractivity contribution in [3.63, 3.8) is 0 Å². The number of anilines is 1. The van der Waals surface area contributed by atoms with Crippen LogP contribution in [0.25, 0.3) is 0 Å². The van der Waals surface area contributed by atoms with Gasteiger partial charge in [-0.3, -0.25) is 9.79 Å². The summed E-state index contributed by atoms with van der Waals surface area (Å²) in [7, 11) is 1.64. The fourth-order valence-electron chi connectivity index (χ4n) is 3.39. The second-order valence-corrected chi connectivity index (χ2v) is 7.89. The molecular weight excluding hydrogens is 418 g/mol. The highest BCUT2D eigenvalue weighted by Gasteiger charge is 2.22. The van der Waals surface area contributed by atoms with Crippen LogP contribution in [0.15, 0.2) is 23.2 Å². The number of fused-ring (bicyclic) bond motifs is 1. The third kappa shape index (κ3) is 6.67. The van der Waals surface area contributed by atoms with Crippen LogP contribution in [0.4, 0.5) is 5.69 Å². The first-order chi connectivity index (χ1) is 15.0. The first-order valence-electron chi connectivity index (χ1n) is 10.5. The summed E-state index contributed by atoms with van der Waals surface area (Å²) >= 11 is 6.18. The topological polar surface area (TPSA) is 105 Å². The molecule has 1 aromatic carbocycles. The van der Waals surface area contributed by atoms with Gasteiger partial charge in [0, 0.05) is 32.5 Å². The predicted molar refractivity (Wildman–Crippen MR) is 121 cm³/mol. The Morgan fingerprint density at radius 1 is 1.42 bits per heavy atom. The second kappa shape index (κ2) is 11.1. The molecule has 31 heavy (non-hydrogen) atoms. The molecule has 0 fully saturated rings. The number of halogens is 1. The molecular formula is C21H30ClN7O2. The number of guanidine groups is 1. The Morgan fingerprint density at radius 3 is 3.00 bits per heavy atom. The van der Waals surface area contributed by atoms with E-state index in [0.717, 1.165) is 30.8 Å². The number of hydrogen-bond donors (Lipinski definition) is 3. The zero-order valence-corrected chi connectivity index (χ0v) is 19.0. The fraction of sp³-hybridized carbons (Fsp3) is 0.524. The van der Waals surface area contributed by atoms with E-state index in [1.54, 1.807) is 7.11 Å². The Bertz CT molecular complexity index is 928. The number of nitrogens with one attached hydrogen (secondary N) is 3. The monoisotopic (exact) mass is 447 g/mol. The average Bonchev–Trinajstić information content (AvgIpc) is 3.12. The highest BCUT2D eigenvalue weighted by atomic mass is 35.5. The summed E-state index contributed by atoms with van der Waals surface area (Å²) in [5.74, 6) is 2.26. The summed E-state index contributed by atoms with van der Waals surface area (Å²) in [6.45, 7) is 6.19. The van der Waals surface area contributed by atoms with Gasteiger partial charge in [0.15, 0.2) is 11.8 Å². The maximum atomic E-state index is 12.3. The van der Waals surface area contributed by atoms with Crippen LogP contribution in [-0.4, -0.2) is 52.9 Å². The van der Waals surface area contributed by atoms with Crippen LogP contribution < -0.4 is 16.0 Å². The number of benzene rings is 1. The zero-order chi connectivity index (χ0) is 22.2. The molecule has 168 valence electrons. The number of aliphatic imine (C=N–C) groups is 1. The average molecular weight is 448 g/mol. The first kappa shape index (κ1) is 23.0. The minimum Gasteiger partial charge on any atom is -0.377 e. The first-order valence-corrected chi connectivity index (χ1v) is 10.9. The van der Waals surface area contributed by atoms with Gasteiger partial charge in [0.25, 0.3) is 0 Å². The van der Waals surface area contributed by atoms with Crippen molar-refractivity contribution in [3.8, 4) is 0 Å². The lowest BCUT2D eigenvalue weighted by Gasteiger charge is -2.25. The molecule has 0 saturated carbocycles. The SMILES string of the molecule is CCNC(=NCCC(=O)Nc1ccc(C)cc1Cl)NC1CCc2nc(COC)nn2C1. The van der Waals surface area contributed by atoms with Gasteiger partial charge in [0.1, 0.15) is 12.4 Å². The van der Waals surface area contributed by atoms with Crippen molar-refractivity contribution >= 4 is 29.2 Å². The van der Waals surface area contributed by atoms with Crippen molar-refractivity contribution in [1.29, 1.82) is 0 Å². The van der Waals surface area contributed by atoms with Gasteiger partial charge in [-0.1, -0.05) is 17.7 Å². The Hall–Kier alpha value is -2.65. The molecule has 1 aromatic heterocycles. The van der Waals surface area contributed by atoms with Crippen molar-refractivity contribution in [2.24, 2.45) is 4.99 Å². The lowest BCUT2D eigenvalue weighted by Crippen LogP contribution is -2.47. The molecule has 0 bridgehead atoms. The van der Waals surface area contributed by atoms with Crippen molar-refractivity contribution < 1.29 is 9.53 Å². The van der Waals surface area contributed by atoms with Crippen LogP contribution in [0.5, 0.6) is 0 Å². The molecule has 1 unspecified atom stereocenters. The van der Waals surface area contributed by atoms with E-state index in [9.17, 15) is 4.79 Å². The van der Waals surface area contributed by atoms with E-state index in [4.69, 9.17) is 16.3 Å². The standard InChI is InChI=1S/C21H30ClN7O2/c1-4-23-21(24-10-9-20(30)26-17-7-5-14(2)11-16(17)22)25-15-6-8-19-27-18(13-31-3)28-29(19)12-15/h5,7,11,15H,4,6,8-10,12-13H2,1-3H3,(H,26,30)(H2,23,24,25). The Morgan fingerprint density at radius 2 is 2.26 bits per heavy atom. The van der Waals surface area contributed by atoms with Gasteiger partial charge in [0.05, 0.1) is 23.8 Å². The lowest BCUT2D eigenvalue weighted by molar-refractivity contribution is -0.116. The normalized spacial score (nSPS) is 16.0. The van der Waals surface area contributed by atoms with E-state index in [0.29, 0.717) is 42.2 Å². The molecule has 3 N–H and O–H groups in total. The number of ether oxygens (including phenoxy) is 1. The predicted octanol–water partition coefficient (Wildman–Crippen LogP) is 2.29. The highest BCUT2D eigenvalue weighted by Crippen LogP contribution is 2.22. The summed E-state index contributed by atoms with van der Waals surface area (Å²) in [5, 5.41) is 14.6. The number of amides is 1. The third-order valence-corrected chi connectivity index (χ3v) is 5.18. The summed E-state index contributed by atoms with van der Waals surface area (Å²) in [5.41, 5.74) is 1.66. The Balaban J connectivity index is 1.52. The number of hydrogen-bond acceptors (Lipinski definition) is 5. The van der Waals surface area contributed by atoms with Gasteiger partial charge < -0.3 is 20.7 Å². The van der Waals surface area contributed by atoms with Crippen molar-refractivity contribution in [3.05, 3.63) is 40.4 Å².